The standard InChI is InChI=1S/C33H31F3N2O/c34-33(35,36)30-19-11-10-18-28(30)32(27-16-8-3-9-17-27)38-22-20-37(21-23-38)31(39)24-29(25-12-4-1-5-13-25)26-14-6-2-7-15-26/h1-19,29,32H,20-24H2. The second kappa shape index (κ2) is 11.9. The predicted molar refractivity (Wildman–Crippen MR) is 147 cm³/mol. The second-order valence-electron chi connectivity index (χ2n) is 9.89. The zero-order valence-corrected chi connectivity index (χ0v) is 21.6. The third-order valence-corrected chi connectivity index (χ3v) is 7.49. The third-order valence-electron chi connectivity index (χ3n) is 7.49. The third kappa shape index (κ3) is 6.23. The van der Waals surface area contributed by atoms with E-state index in [0.29, 0.717) is 32.6 Å². The van der Waals surface area contributed by atoms with Crippen molar-refractivity contribution >= 4 is 5.91 Å². The average molecular weight is 529 g/mol. The second-order valence-corrected chi connectivity index (χ2v) is 9.89. The largest absolute Gasteiger partial charge is 0.416 e. The molecule has 0 aromatic heterocycles. The normalized spacial score (nSPS) is 15.3. The van der Waals surface area contributed by atoms with Crippen LogP contribution in [0.4, 0.5) is 13.2 Å². The van der Waals surface area contributed by atoms with Crippen molar-refractivity contribution in [1.29, 1.82) is 0 Å². The molecule has 0 aliphatic carbocycles. The maximum atomic E-state index is 14.0. The van der Waals surface area contributed by atoms with Crippen LogP contribution in [0.15, 0.2) is 115 Å². The quantitative estimate of drug-likeness (QED) is 0.254. The summed E-state index contributed by atoms with van der Waals surface area (Å²) in [6, 6.07) is 34.6. The maximum absolute atomic E-state index is 14.0. The molecule has 0 saturated carbocycles. The van der Waals surface area contributed by atoms with Crippen molar-refractivity contribution in [2.24, 2.45) is 0 Å². The molecule has 1 aliphatic heterocycles. The van der Waals surface area contributed by atoms with Crippen molar-refractivity contribution in [1.82, 2.24) is 9.80 Å². The SMILES string of the molecule is O=C(CC(c1ccccc1)c1ccccc1)N1CCN(C(c2ccccc2)c2ccccc2C(F)(F)F)CC1. The first-order valence-electron chi connectivity index (χ1n) is 13.2. The van der Waals surface area contributed by atoms with Gasteiger partial charge in [0, 0.05) is 38.5 Å². The van der Waals surface area contributed by atoms with Crippen LogP contribution in [-0.4, -0.2) is 41.9 Å². The van der Waals surface area contributed by atoms with E-state index in [1.54, 1.807) is 12.1 Å². The molecule has 6 heteroatoms. The van der Waals surface area contributed by atoms with Gasteiger partial charge in [0.25, 0.3) is 0 Å². The number of nitrogens with zero attached hydrogens (tertiary/aromatic N) is 2. The number of hydrogen-bond donors (Lipinski definition) is 0. The molecule has 5 rings (SSSR count). The highest BCUT2D eigenvalue weighted by atomic mass is 19.4. The number of carbonyl (C=O) groups is 1. The molecule has 1 heterocycles. The fraction of sp³-hybridized carbons (Fsp3) is 0.242. The van der Waals surface area contributed by atoms with Gasteiger partial charge in [-0.25, -0.2) is 0 Å². The van der Waals surface area contributed by atoms with E-state index in [1.807, 2.05) is 95.9 Å². The molecule has 1 aliphatic rings. The summed E-state index contributed by atoms with van der Waals surface area (Å²) in [5, 5.41) is 0. The minimum Gasteiger partial charge on any atom is -0.340 e. The Balaban J connectivity index is 1.35. The summed E-state index contributed by atoms with van der Waals surface area (Å²) < 4.78 is 42.0. The predicted octanol–water partition coefficient (Wildman–Crippen LogP) is 7.16. The zero-order valence-electron chi connectivity index (χ0n) is 21.6. The zero-order chi connectivity index (χ0) is 27.2. The molecule has 0 radical (unpaired) electrons. The van der Waals surface area contributed by atoms with Crippen LogP contribution in [0, 0.1) is 0 Å². The molecule has 39 heavy (non-hydrogen) atoms. The highest BCUT2D eigenvalue weighted by Gasteiger charge is 2.38. The fourth-order valence-corrected chi connectivity index (χ4v) is 5.55. The van der Waals surface area contributed by atoms with Gasteiger partial charge in [0.05, 0.1) is 11.6 Å². The van der Waals surface area contributed by atoms with Crippen molar-refractivity contribution in [3.63, 3.8) is 0 Å². The van der Waals surface area contributed by atoms with Gasteiger partial charge in [0.2, 0.25) is 5.91 Å². The Hall–Kier alpha value is -3.90. The molecule has 200 valence electrons. The monoisotopic (exact) mass is 528 g/mol. The smallest absolute Gasteiger partial charge is 0.340 e. The van der Waals surface area contributed by atoms with Gasteiger partial charge < -0.3 is 4.90 Å². The van der Waals surface area contributed by atoms with Gasteiger partial charge in [-0.1, -0.05) is 109 Å². The molecule has 1 unspecified atom stereocenters. The van der Waals surface area contributed by atoms with Gasteiger partial charge in [0.1, 0.15) is 0 Å². The number of rotatable bonds is 7. The Morgan fingerprint density at radius 1 is 0.641 bits per heavy atom. The van der Waals surface area contributed by atoms with Crippen molar-refractivity contribution in [3.8, 4) is 0 Å². The molecule has 1 atom stereocenters. The van der Waals surface area contributed by atoms with Gasteiger partial charge in [-0.15, -0.1) is 0 Å². The van der Waals surface area contributed by atoms with E-state index in [0.717, 1.165) is 22.8 Å². The van der Waals surface area contributed by atoms with Crippen LogP contribution in [0.2, 0.25) is 0 Å². The van der Waals surface area contributed by atoms with Gasteiger partial charge in [0.15, 0.2) is 0 Å². The minimum absolute atomic E-state index is 0.0549. The lowest BCUT2D eigenvalue weighted by Gasteiger charge is -2.40. The number of piperazine rings is 1. The fourth-order valence-electron chi connectivity index (χ4n) is 5.55. The molecule has 1 amide bonds. The summed E-state index contributed by atoms with van der Waals surface area (Å²) in [6.45, 7) is 1.90. The first-order chi connectivity index (χ1) is 18.9. The minimum atomic E-state index is -4.45. The van der Waals surface area contributed by atoms with E-state index in [9.17, 15) is 18.0 Å². The topological polar surface area (TPSA) is 23.6 Å². The summed E-state index contributed by atoms with van der Waals surface area (Å²) in [6.07, 6.45) is -4.11. The summed E-state index contributed by atoms with van der Waals surface area (Å²) in [5.41, 5.74) is 2.60. The van der Waals surface area contributed by atoms with E-state index in [-0.39, 0.29) is 17.4 Å². The molecule has 4 aromatic rings. The van der Waals surface area contributed by atoms with Crippen molar-refractivity contribution in [2.45, 2.75) is 24.6 Å². The molecule has 1 saturated heterocycles. The molecule has 1 fully saturated rings. The molecule has 4 aromatic carbocycles. The Morgan fingerprint density at radius 3 is 1.62 bits per heavy atom. The highest BCUT2D eigenvalue weighted by molar-refractivity contribution is 5.78. The number of benzene rings is 4. The molecule has 0 N–H and O–H groups in total. The lowest BCUT2D eigenvalue weighted by Crippen LogP contribution is -2.50. The van der Waals surface area contributed by atoms with Crippen molar-refractivity contribution < 1.29 is 18.0 Å². The van der Waals surface area contributed by atoms with Gasteiger partial charge in [-0.3, -0.25) is 9.69 Å². The maximum Gasteiger partial charge on any atom is 0.416 e. The van der Waals surface area contributed by atoms with Crippen LogP contribution in [0.1, 0.15) is 46.2 Å². The number of hydrogen-bond acceptors (Lipinski definition) is 2. The molecular formula is C33H31F3N2O. The van der Waals surface area contributed by atoms with E-state index >= 15 is 0 Å². The van der Waals surface area contributed by atoms with Gasteiger partial charge in [-0.05, 0) is 28.3 Å². The summed E-state index contributed by atoms with van der Waals surface area (Å²) in [4.78, 5) is 17.4. The van der Waals surface area contributed by atoms with E-state index in [2.05, 4.69) is 4.90 Å². The summed E-state index contributed by atoms with van der Waals surface area (Å²) in [5.74, 6) is -0.00651. The lowest BCUT2D eigenvalue weighted by molar-refractivity contribution is -0.138. The lowest BCUT2D eigenvalue weighted by atomic mass is 9.88. The molecule has 0 spiro atoms. The van der Waals surface area contributed by atoms with Crippen LogP contribution in [-0.2, 0) is 11.0 Å². The first kappa shape index (κ1) is 26.7. The van der Waals surface area contributed by atoms with Crippen LogP contribution in [0.3, 0.4) is 0 Å². The average Bonchev–Trinajstić information content (AvgIpc) is 2.97. The number of carbonyl (C=O) groups excluding carboxylic acids is 1. The number of alkyl halides is 3. The van der Waals surface area contributed by atoms with E-state index < -0.39 is 17.8 Å². The molecular weight excluding hydrogens is 497 g/mol. The molecule has 0 bridgehead atoms. The Bertz CT molecular complexity index is 1310. The van der Waals surface area contributed by atoms with Crippen LogP contribution in [0.5, 0.6) is 0 Å². The van der Waals surface area contributed by atoms with E-state index in [4.69, 9.17) is 0 Å². The van der Waals surface area contributed by atoms with Gasteiger partial charge >= 0.3 is 6.18 Å². The van der Waals surface area contributed by atoms with Crippen LogP contribution >= 0.6 is 0 Å². The van der Waals surface area contributed by atoms with Crippen molar-refractivity contribution in [2.75, 3.05) is 26.2 Å². The highest BCUT2D eigenvalue weighted by Crippen LogP contribution is 2.39. The first-order valence-corrected chi connectivity index (χ1v) is 13.2. The molecule has 3 nitrogen and oxygen atoms in total. The van der Waals surface area contributed by atoms with Crippen molar-refractivity contribution in [3.05, 3.63) is 143 Å². The van der Waals surface area contributed by atoms with Gasteiger partial charge in [-0.2, -0.15) is 13.2 Å². The number of amides is 1. The summed E-state index contributed by atoms with van der Waals surface area (Å²) >= 11 is 0. The van der Waals surface area contributed by atoms with Crippen LogP contribution in [0.25, 0.3) is 0 Å². The number of halogens is 3. The Labute approximate surface area is 227 Å². The Kier molecular flexibility index (Phi) is 8.13. The van der Waals surface area contributed by atoms with Crippen LogP contribution < -0.4 is 0 Å². The Morgan fingerprint density at radius 2 is 1.10 bits per heavy atom. The summed E-state index contributed by atoms with van der Waals surface area (Å²) in [7, 11) is 0. The van der Waals surface area contributed by atoms with E-state index in [1.165, 1.54) is 6.07 Å².